The first-order valence-corrected chi connectivity index (χ1v) is 4.37. The summed E-state index contributed by atoms with van der Waals surface area (Å²) in [5.74, 6) is 0. The van der Waals surface area contributed by atoms with Crippen LogP contribution in [0, 0.1) is 0 Å². The van der Waals surface area contributed by atoms with Crippen molar-refractivity contribution in [3.8, 4) is 0 Å². The number of hydrogen-bond acceptors (Lipinski definition) is 4. The minimum atomic E-state index is 0. The molecule has 6 heteroatoms. The fourth-order valence-electron chi connectivity index (χ4n) is 1.68. The molecule has 0 radical (unpaired) electrons. The highest BCUT2D eigenvalue weighted by atomic mass is 35.5. The van der Waals surface area contributed by atoms with Crippen LogP contribution in [0.2, 0.25) is 0 Å². The third-order valence-corrected chi connectivity index (χ3v) is 2.32. The normalized spacial score (nSPS) is 18.2. The van der Waals surface area contributed by atoms with Crippen LogP contribution in [0.1, 0.15) is 38.1 Å². The molecule has 0 amide bonds. The predicted molar refractivity (Wildman–Crippen MR) is 41.0 cm³/mol. The first-order chi connectivity index (χ1) is 5.86. The molecule has 0 unspecified atom stereocenters. The van der Waals surface area contributed by atoms with Gasteiger partial charge in [0.15, 0.2) is 0 Å². The van der Waals surface area contributed by atoms with Crippen molar-refractivity contribution in [3.63, 3.8) is 0 Å². The van der Waals surface area contributed by atoms with E-state index in [9.17, 15) is 0 Å². The quantitative estimate of drug-likeness (QED) is 0.512. The van der Waals surface area contributed by atoms with Crippen molar-refractivity contribution in [2.24, 2.45) is 0 Å². The largest absolute Gasteiger partial charge is 1.00 e. The van der Waals surface area contributed by atoms with Crippen molar-refractivity contribution in [3.05, 3.63) is 0 Å². The highest BCUT2D eigenvalue weighted by molar-refractivity contribution is 4.98. The fourth-order valence-corrected chi connectivity index (χ4v) is 1.68. The Balaban J connectivity index is 0.000000845. The lowest BCUT2D eigenvalue weighted by atomic mass is 9.96. The van der Waals surface area contributed by atoms with E-state index in [4.69, 9.17) is 10.3 Å². The Kier molecular flexibility index (Phi) is 3.48. The van der Waals surface area contributed by atoms with E-state index < -0.39 is 0 Å². The SMILES string of the molecule is Nc1n[n+](C2CCCCC2)no1.[Cl-]. The van der Waals surface area contributed by atoms with Crippen LogP contribution in [0.25, 0.3) is 0 Å². The van der Waals surface area contributed by atoms with Gasteiger partial charge in [0.05, 0.1) is 9.90 Å². The number of nitrogens with two attached hydrogens (primary N) is 1. The summed E-state index contributed by atoms with van der Waals surface area (Å²) in [6.07, 6.45) is 6.12. The lowest BCUT2D eigenvalue weighted by molar-refractivity contribution is -0.834. The van der Waals surface area contributed by atoms with Gasteiger partial charge < -0.3 is 18.1 Å². The Labute approximate surface area is 82.7 Å². The van der Waals surface area contributed by atoms with Gasteiger partial charge in [0.2, 0.25) is 11.3 Å². The maximum absolute atomic E-state index is 5.32. The second kappa shape index (κ2) is 4.41. The van der Waals surface area contributed by atoms with E-state index in [1.165, 1.54) is 19.3 Å². The lowest BCUT2D eigenvalue weighted by Crippen LogP contribution is -3.00. The van der Waals surface area contributed by atoms with Crippen molar-refractivity contribution < 1.29 is 21.7 Å². The molecular weight excluding hydrogens is 192 g/mol. The van der Waals surface area contributed by atoms with Crippen molar-refractivity contribution in [2.75, 3.05) is 5.73 Å². The van der Waals surface area contributed by atoms with Crippen LogP contribution >= 0.6 is 0 Å². The Bertz CT molecular complexity index is 259. The van der Waals surface area contributed by atoms with Gasteiger partial charge in [-0.2, -0.15) is 0 Å². The third-order valence-electron chi connectivity index (χ3n) is 2.32. The summed E-state index contributed by atoms with van der Waals surface area (Å²) < 4.78 is 4.70. The molecule has 1 aromatic heterocycles. The third kappa shape index (κ3) is 2.30. The van der Waals surface area contributed by atoms with E-state index in [0.29, 0.717) is 6.04 Å². The molecule has 1 heterocycles. The van der Waals surface area contributed by atoms with Gasteiger partial charge in [0.25, 0.3) is 0 Å². The van der Waals surface area contributed by atoms with Crippen LogP contribution in [0.4, 0.5) is 6.01 Å². The summed E-state index contributed by atoms with van der Waals surface area (Å²) in [6.45, 7) is 0. The summed E-state index contributed by atoms with van der Waals surface area (Å²) >= 11 is 0. The van der Waals surface area contributed by atoms with Gasteiger partial charge in [-0.1, -0.05) is 6.42 Å². The first-order valence-electron chi connectivity index (χ1n) is 4.37. The standard InChI is InChI=1S/C7H13N4O.ClH/c8-7-9-11(10-12-7)6-4-2-1-3-5-6;/h6H,1-5H2,(H2,8,9,10);1H/q+1;/p-1. The minimum absolute atomic E-state index is 0. The zero-order valence-corrected chi connectivity index (χ0v) is 8.07. The number of nitrogens with zero attached hydrogens (tertiary/aromatic N) is 3. The van der Waals surface area contributed by atoms with E-state index in [1.54, 1.807) is 4.80 Å². The molecule has 2 rings (SSSR count). The molecular formula is C7H13ClN4O. The second-order valence-corrected chi connectivity index (χ2v) is 3.22. The molecule has 1 aliphatic rings. The van der Waals surface area contributed by atoms with E-state index in [-0.39, 0.29) is 18.4 Å². The molecule has 13 heavy (non-hydrogen) atoms. The summed E-state index contributed by atoms with van der Waals surface area (Å²) in [7, 11) is 0. The Morgan fingerprint density at radius 1 is 1.31 bits per heavy atom. The highest BCUT2D eigenvalue weighted by Crippen LogP contribution is 2.22. The zero-order chi connectivity index (χ0) is 8.39. The van der Waals surface area contributed by atoms with Gasteiger partial charge in [-0.05, 0) is 12.8 Å². The zero-order valence-electron chi connectivity index (χ0n) is 7.32. The maximum atomic E-state index is 5.32. The van der Waals surface area contributed by atoms with Crippen molar-refractivity contribution >= 4 is 6.01 Å². The van der Waals surface area contributed by atoms with E-state index in [1.807, 2.05) is 0 Å². The molecule has 0 aromatic carbocycles. The fraction of sp³-hybridized carbons (Fsp3) is 0.857. The molecule has 1 aliphatic carbocycles. The molecule has 0 bridgehead atoms. The average Bonchev–Trinajstić information content (AvgIpc) is 2.54. The number of hydrogen-bond donors (Lipinski definition) is 1. The first kappa shape index (κ1) is 10.2. The van der Waals surface area contributed by atoms with E-state index in [0.717, 1.165) is 12.8 Å². The molecule has 0 aliphatic heterocycles. The van der Waals surface area contributed by atoms with Crippen molar-refractivity contribution in [2.45, 2.75) is 38.1 Å². The molecule has 1 aromatic rings. The van der Waals surface area contributed by atoms with Gasteiger partial charge in [-0.25, -0.2) is 0 Å². The Hall–Kier alpha value is -0.840. The van der Waals surface area contributed by atoms with E-state index >= 15 is 0 Å². The average molecular weight is 205 g/mol. The van der Waals surface area contributed by atoms with Crippen LogP contribution in [0.5, 0.6) is 0 Å². The monoisotopic (exact) mass is 204 g/mol. The molecule has 1 fully saturated rings. The number of anilines is 1. The number of nitrogen functional groups attached to an aromatic ring is 1. The summed E-state index contributed by atoms with van der Waals surface area (Å²) in [5.41, 5.74) is 5.32. The van der Waals surface area contributed by atoms with Crippen LogP contribution in [-0.4, -0.2) is 10.4 Å². The Morgan fingerprint density at radius 2 is 2.00 bits per heavy atom. The Morgan fingerprint density at radius 3 is 2.54 bits per heavy atom. The highest BCUT2D eigenvalue weighted by Gasteiger charge is 2.27. The van der Waals surface area contributed by atoms with Crippen LogP contribution in [-0.2, 0) is 0 Å². The molecule has 0 spiro atoms. The van der Waals surface area contributed by atoms with Gasteiger partial charge in [0.1, 0.15) is 0 Å². The molecule has 0 saturated heterocycles. The predicted octanol–water partition coefficient (Wildman–Crippen LogP) is -2.55. The van der Waals surface area contributed by atoms with Gasteiger partial charge in [-0.3, -0.25) is 4.52 Å². The van der Waals surface area contributed by atoms with E-state index in [2.05, 4.69) is 10.4 Å². The van der Waals surface area contributed by atoms with Crippen LogP contribution in [0.15, 0.2) is 4.52 Å². The minimum Gasteiger partial charge on any atom is -1.00 e. The summed E-state index contributed by atoms with van der Waals surface area (Å²) in [6, 6.07) is 0.556. The maximum Gasteiger partial charge on any atom is 0.386 e. The topological polar surface area (TPSA) is 68.8 Å². The van der Waals surface area contributed by atoms with Crippen molar-refractivity contribution in [1.29, 1.82) is 0 Å². The van der Waals surface area contributed by atoms with Gasteiger partial charge in [0, 0.05) is 12.8 Å². The molecule has 74 valence electrons. The van der Waals surface area contributed by atoms with Crippen LogP contribution in [0.3, 0.4) is 0 Å². The molecule has 0 atom stereocenters. The van der Waals surface area contributed by atoms with Gasteiger partial charge in [-0.15, -0.1) is 0 Å². The summed E-state index contributed by atoms with van der Waals surface area (Å²) in [5, 5.41) is 7.70. The van der Waals surface area contributed by atoms with Gasteiger partial charge >= 0.3 is 6.01 Å². The summed E-state index contributed by atoms with van der Waals surface area (Å²) in [4.78, 5) is 1.61. The second-order valence-electron chi connectivity index (χ2n) is 3.22. The van der Waals surface area contributed by atoms with Crippen LogP contribution < -0.4 is 22.9 Å². The smallest absolute Gasteiger partial charge is 0.386 e. The number of halogens is 1. The van der Waals surface area contributed by atoms with Crippen molar-refractivity contribution in [1.82, 2.24) is 10.4 Å². The molecule has 2 N–H and O–H groups in total. The lowest BCUT2D eigenvalue weighted by Gasteiger charge is -2.11. The number of rotatable bonds is 1. The molecule has 5 nitrogen and oxygen atoms in total. The molecule has 1 saturated carbocycles. The number of aromatic nitrogens is 3.